The third kappa shape index (κ3) is 2.08. The van der Waals surface area contributed by atoms with Gasteiger partial charge in [0.2, 0.25) is 0 Å². The van der Waals surface area contributed by atoms with Gasteiger partial charge in [0.25, 0.3) is 11.6 Å². The first-order chi connectivity index (χ1) is 7.07. The summed E-state index contributed by atoms with van der Waals surface area (Å²) in [4.78, 5) is 21.3. The minimum Gasteiger partial charge on any atom is -0.268 e. The van der Waals surface area contributed by atoms with Crippen LogP contribution in [0, 0.1) is 28.5 Å². The monoisotopic (exact) mass is 205 g/mol. The molecule has 1 rings (SSSR count). The van der Waals surface area contributed by atoms with Crippen LogP contribution in [0.5, 0.6) is 0 Å². The number of benzene rings is 1. The number of nitrogens with zero attached hydrogens (tertiary/aromatic N) is 2. The molecule has 6 heteroatoms. The molecule has 0 heterocycles. The summed E-state index contributed by atoms with van der Waals surface area (Å²) in [6, 6.07) is 4.27. The molecule has 1 N–H and O–H groups in total. The van der Waals surface area contributed by atoms with Crippen molar-refractivity contribution in [3.8, 4) is 6.19 Å². The lowest BCUT2D eigenvalue weighted by Gasteiger charge is -2.03. The number of nitro benzene ring substituents is 1. The maximum Gasteiger partial charge on any atom is 0.282 e. The number of rotatable bonds is 2. The Morgan fingerprint density at radius 2 is 2.27 bits per heavy atom. The highest BCUT2D eigenvalue weighted by Gasteiger charge is 2.21. The van der Waals surface area contributed by atoms with Crippen LogP contribution in [0.25, 0.3) is 0 Å². The smallest absolute Gasteiger partial charge is 0.268 e. The number of hydrogen-bond donors (Lipinski definition) is 1. The summed E-state index contributed by atoms with van der Waals surface area (Å²) in [5, 5.41) is 20.8. The molecule has 15 heavy (non-hydrogen) atoms. The van der Waals surface area contributed by atoms with Gasteiger partial charge in [0.1, 0.15) is 5.56 Å². The van der Waals surface area contributed by atoms with Crippen molar-refractivity contribution in [2.75, 3.05) is 0 Å². The largest absolute Gasteiger partial charge is 0.282 e. The van der Waals surface area contributed by atoms with Gasteiger partial charge in [-0.3, -0.25) is 20.2 Å². The Bertz CT molecular complexity index is 462. The number of nitrogens with one attached hydrogen (secondary N) is 1. The average Bonchev–Trinajstić information content (AvgIpc) is 2.17. The van der Waals surface area contributed by atoms with Crippen molar-refractivity contribution in [3.05, 3.63) is 39.4 Å². The van der Waals surface area contributed by atoms with E-state index in [-0.39, 0.29) is 11.3 Å². The molecule has 76 valence electrons. The van der Waals surface area contributed by atoms with Crippen molar-refractivity contribution in [2.45, 2.75) is 6.92 Å². The summed E-state index contributed by atoms with van der Waals surface area (Å²) < 4.78 is 0. The maximum absolute atomic E-state index is 11.4. The SMILES string of the molecule is Cc1cccc([N+](=O)[O-])c1C(=O)NC#N. The predicted molar refractivity (Wildman–Crippen MR) is 50.9 cm³/mol. The summed E-state index contributed by atoms with van der Waals surface area (Å²) in [6.45, 7) is 1.57. The first-order valence-electron chi connectivity index (χ1n) is 4.01. The van der Waals surface area contributed by atoms with E-state index < -0.39 is 10.8 Å². The molecule has 0 aliphatic heterocycles. The van der Waals surface area contributed by atoms with Gasteiger partial charge in [-0.05, 0) is 12.5 Å². The molecule has 6 nitrogen and oxygen atoms in total. The van der Waals surface area contributed by atoms with Gasteiger partial charge in [-0.1, -0.05) is 12.1 Å². The van der Waals surface area contributed by atoms with Gasteiger partial charge in [0.05, 0.1) is 4.92 Å². The zero-order chi connectivity index (χ0) is 11.4. The van der Waals surface area contributed by atoms with Crippen molar-refractivity contribution >= 4 is 11.6 Å². The Morgan fingerprint density at radius 3 is 2.80 bits per heavy atom. The lowest BCUT2D eigenvalue weighted by atomic mass is 10.1. The molecular formula is C9H7N3O3. The molecule has 0 aliphatic rings. The summed E-state index contributed by atoms with van der Waals surface area (Å²) in [5.41, 5.74) is 0.0729. The Balaban J connectivity index is 3.32. The molecule has 1 aromatic carbocycles. The fourth-order valence-electron chi connectivity index (χ4n) is 1.21. The van der Waals surface area contributed by atoms with Crippen LogP contribution in [-0.4, -0.2) is 10.8 Å². The first-order valence-corrected chi connectivity index (χ1v) is 4.01. The van der Waals surface area contributed by atoms with E-state index in [2.05, 4.69) is 0 Å². The highest BCUT2D eigenvalue weighted by atomic mass is 16.6. The van der Waals surface area contributed by atoms with Crippen LogP contribution in [-0.2, 0) is 0 Å². The highest BCUT2D eigenvalue weighted by molar-refractivity contribution is 6.00. The van der Waals surface area contributed by atoms with Gasteiger partial charge in [0, 0.05) is 6.07 Å². The Hall–Kier alpha value is -2.42. The lowest BCUT2D eigenvalue weighted by molar-refractivity contribution is -0.385. The highest BCUT2D eigenvalue weighted by Crippen LogP contribution is 2.21. The van der Waals surface area contributed by atoms with Crippen LogP contribution in [0.2, 0.25) is 0 Å². The molecule has 0 bridgehead atoms. The first kappa shape index (κ1) is 10.7. The van der Waals surface area contributed by atoms with E-state index in [4.69, 9.17) is 5.26 Å². The van der Waals surface area contributed by atoms with E-state index in [9.17, 15) is 14.9 Å². The third-order valence-corrected chi connectivity index (χ3v) is 1.84. The van der Waals surface area contributed by atoms with E-state index in [0.29, 0.717) is 5.56 Å². The van der Waals surface area contributed by atoms with Gasteiger partial charge in [-0.15, -0.1) is 0 Å². The van der Waals surface area contributed by atoms with Crippen LogP contribution in [0.15, 0.2) is 18.2 Å². The van der Waals surface area contributed by atoms with E-state index in [1.807, 2.05) is 5.32 Å². The van der Waals surface area contributed by atoms with Gasteiger partial charge in [-0.25, -0.2) is 0 Å². The summed E-state index contributed by atoms with van der Waals surface area (Å²) in [7, 11) is 0. The molecule has 0 fully saturated rings. The zero-order valence-electron chi connectivity index (χ0n) is 7.85. The zero-order valence-corrected chi connectivity index (χ0v) is 7.85. The number of aryl methyl sites for hydroxylation is 1. The van der Waals surface area contributed by atoms with E-state index in [1.165, 1.54) is 18.3 Å². The minimum absolute atomic E-state index is 0.0796. The van der Waals surface area contributed by atoms with Gasteiger partial charge in [-0.2, -0.15) is 5.26 Å². The molecule has 0 aromatic heterocycles. The second kappa shape index (κ2) is 4.19. The van der Waals surface area contributed by atoms with Gasteiger partial charge >= 0.3 is 0 Å². The molecule has 1 aromatic rings. The van der Waals surface area contributed by atoms with Crippen molar-refractivity contribution < 1.29 is 9.72 Å². The quantitative estimate of drug-likeness (QED) is 0.338. The third-order valence-electron chi connectivity index (χ3n) is 1.84. The molecule has 0 atom stereocenters. The van der Waals surface area contributed by atoms with Crippen molar-refractivity contribution in [1.29, 1.82) is 5.26 Å². The molecule has 0 saturated heterocycles. The number of carbonyl (C=O) groups is 1. The second-order valence-corrected chi connectivity index (χ2v) is 2.79. The second-order valence-electron chi connectivity index (χ2n) is 2.79. The lowest BCUT2D eigenvalue weighted by Crippen LogP contribution is -2.19. The molecule has 0 aliphatic carbocycles. The topological polar surface area (TPSA) is 96.0 Å². The summed E-state index contributed by atoms with van der Waals surface area (Å²) in [6.07, 6.45) is 1.44. The number of amides is 1. The molecule has 0 radical (unpaired) electrons. The van der Waals surface area contributed by atoms with Crippen LogP contribution in [0.3, 0.4) is 0 Å². The van der Waals surface area contributed by atoms with Crippen LogP contribution in [0.4, 0.5) is 5.69 Å². The Morgan fingerprint density at radius 1 is 1.60 bits per heavy atom. The van der Waals surface area contributed by atoms with Gasteiger partial charge < -0.3 is 0 Å². The molecule has 0 unspecified atom stereocenters. The number of nitro groups is 1. The average molecular weight is 205 g/mol. The fraction of sp³-hybridized carbons (Fsp3) is 0.111. The fourth-order valence-corrected chi connectivity index (χ4v) is 1.21. The molecule has 0 saturated carbocycles. The van der Waals surface area contributed by atoms with Gasteiger partial charge in [0.15, 0.2) is 6.19 Å². The summed E-state index contributed by atoms with van der Waals surface area (Å²) >= 11 is 0. The number of carbonyl (C=O) groups excluding carboxylic acids is 1. The predicted octanol–water partition coefficient (Wildman–Crippen LogP) is 1.11. The van der Waals surface area contributed by atoms with E-state index in [1.54, 1.807) is 13.0 Å². The van der Waals surface area contributed by atoms with Crippen LogP contribution >= 0.6 is 0 Å². The Labute approximate surface area is 85.3 Å². The molecule has 0 spiro atoms. The normalized spacial score (nSPS) is 9.07. The van der Waals surface area contributed by atoms with Crippen molar-refractivity contribution in [2.24, 2.45) is 0 Å². The van der Waals surface area contributed by atoms with Crippen molar-refractivity contribution in [3.63, 3.8) is 0 Å². The van der Waals surface area contributed by atoms with Crippen LogP contribution < -0.4 is 5.32 Å². The van der Waals surface area contributed by atoms with E-state index in [0.717, 1.165) is 0 Å². The summed E-state index contributed by atoms with van der Waals surface area (Å²) in [5.74, 6) is -0.762. The standard InChI is InChI=1S/C9H7N3O3/c1-6-3-2-4-7(12(14)15)8(6)9(13)11-5-10/h2-4H,1H3,(H,11,13). The van der Waals surface area contributed by atoms with E-state index >= 15 is 0 Å². The number of hydrogen-bond acceptors (Lipinski definition) is 4. The molecule has 1 amide bonds. The Kier molecular flexibility index (Phi) is 2.98. The van der Waals surface area contributed by atoms with Crippen LogP contribution in [0.1, 0.15) is 15.9 Å². The maximum atomic E-state index is 11.4. The molecular weight excluding hydrogens is 198 g/mol. The minimum atomic E-state index is -0.762. The number of nitriles is 1. The van der Waals surface area contributed by atoms with Crippen molar-refractivity contribution in [1.82, 2.24) is 5.32 Å².